The van der Waals surface area contributed by atoms with Crippen molar-refractivity contribution in [1.82, 2.24) is 9.97 Å². The summed E-state index contributed by atoms with van der Waals surface area (Å²) in [5.41, 5.74) is 0. The Morgan fingerprint density at radius 3 is 2.33 bits per heavy atom. The van der Waals surface area contributed by atoms with Crippen molar-refractivity contribution in [2.75, 3.05) is 0 Å². The third-order valence-electron chi connectivity index (χ3n) is 0.908. The Kier molecular flexibility index (Phi) is 2.81. The molecule has 1 rings (SSSR count). The van der Waals surface area contributed by atoms with Crippen LogP contribution in [-0.2, 0) is 10.1 Å². The van der Waals surface area contributed by atoms with Crippen molar-refractivity contribution in [3.8, 4) is 0 Å². The van der Waals surface area contributed by atoms with Crippen LogP contribution >= 0.6 is 31.9 Å². The van der Waals surface area contributed by atoms with E-state index in [0.717, 1.165) is 6.07 Å². The van der Waals surface area contributed by atoms with E-state index in [1.807, 2.05) is 0 Å². The highest BCUT2D eigenvalue weighted by molar-refractivity contribution is 9.11. The Bertz CT molecular complexity index is 385. The third-order valence-corrected chi connectivity index (χ3v) is 2.41. The summed E-state index contributed by atoms with van der Waals surface area (Å²) in [6.45, 7) is 0. The minimum atomic E-state index is -4.26. The smallest absolute Gasteiger partial charge is 0.281 e. The second-order valence-corrected chi connectivity index (χ2v) is 4.66. The first-order chi connectivity index (χ1) is 5.39. The van der Waals surface area contributed by atoms with Crippen molar-refractivity contribution >= 4 is 42.0 Å². The van der Waals surface area contributed by atoms with Gasteiger partial charge in [-0.25, -0.2) is 9.97 Å². The normalized spacial score (nSPS) is 11.6. The highest BCUT2D eigenvalue weighted by Gasteiger charge is 2.13. The van der Waals surface area contributed by atoms with Crippen LogP contribution in [0, 0.1) is 0 Å². The third kappa shape index (κ3) is 2.47. The maximum absolute atomic E-state index is 10.6. The molecule has 0 unspecified atom stereocenters. The molecule has 0 spiro atoms. The van der Waals surface area contributed by atoms with Gasteiger partial charge in [0, 0.05) is 6.07 Å². The molecule has 0 fully saturated rings. The molecule has 1 aromatic heterocycles. The van der Waals surface area contributed by atoms with Crippen LogP contribution in [0.5, 0.6) is 0 Å². The lowest BCUT2D eigenvalue weighted by atomic mass is 10.7. The molecule has 0 aliphatic rings. The van der Waals surface area contributed by atoms with Crippen LogP contribution in [0.1, 0.15) is 0 Å². The number of rotatable bonds is 1. The van der Waals surface area contributed by atoms with E-state index >= 15 is 0 Å². The summed E-state index contributed by atoms with van der Waals surface area (Å²) in [7, 11) is -4.26. The molecule has 0 aliphatic heterocycles. The summed E-state index contributed by atoms with van der Waals surface area (Å²) in [5.74, 6) is 0. The van der Waals surface area contributed by atoms with E-state index < -0.39 is 15.1 Å². The summed E-state index contributed by atoms with van der Waals surface area (Å²) in [6.07, 6.45) is 0. The van der Waals surface area contributed by atoms with E-state index in [4.69, 9.17) is 4.55 Å². The van der Waals surface area contributed by atoms with Crippen LogP contribution < -0.4 is 0 Å². The van der Waals surface area contributed by atoms with E-state index in [1.165, 1.54) is 0 Å². The standard InChI is InChI=1S/C4H2Br2N2O3S/c5-2-1-3(12(9,10)11)8-4(6)7-2/h1H,(H,9,10,11). The van der Waals surface area contributed by atoms with Crippen molar-refractivity contribution in [3.63, 3.8) is 0 Å². The van der Waals surface area contributed by atoms with Gasteiger partial charge in [-0.2, -0.15) is 8.42 Å². The second kappa shape index (κ2) is 3.36. The Morgan fingerprint density at radius 2 is 1.92 bits per heavy atom. The Hall–Kier alpha value is -0.0500. The van der Waals surface area contributed by atoms with Crippen molar-refractivity contribution in [2.45, 2.75) is 5.03 Å². The summed E-state index contributed by atoms with van der Waals surface area (Å²) in [6, 6.07) is 1.10. The SMILES string of the molecule is O=S(=O)(O)c1cc(Br)nc(Br)n1. The summed E-state index contributed by atoms with van der Waals surface area (Å²) >= 11 is 5.83. The van der Waals surface area contributed by atoms with Crippen molar-refractivity contribution in [2.24, 2.45) is 0 Å². The van der Waals surface area contributed by atoms with E-state index in [2.05, 4.69) is 41.8 Å². The van der Waals surface area contributed by atoms with Gasteiger partial charge in [0.25, 0.3) is 0 Å². The largest absolute Gasteiger partial charge is 0.312 e. The number of hydrogen-bond acceptors (Lipinski definition) is 4. The monoisotopic (exact) mass is 316 g/mol. The van der Waals surface area contributed by atoms with Crippen LogP contribution in [0.4, 0.5) is 0 Å². The van der Waals surface area contributed by atoms with Gasteiger partial charge in [0.15, 0.2) is 9.76 Å². The van der Waals surface area contributed by atoms with Gasteiger partial charge in [-0.1, -0.05) is 0 Å². The molecule has 0 radical (unpaired) electrons. The van der Waals surface area contributed by atoms with Gasteiger partial charge in [-0.3, -0.25) is 4.55 Å². The van der Waals surface area contributed by atoms with Crippen LogP contribution in [-0.4, -0.2) is 22.9 Å². The van der Waals surface area contributed by atoms with Crippen molar-refractivity contribution < 1.29 is 13.0 Å². The Morgan fingerprint density at radius 1 is 1.33 bits per heavy atom. The molecule has 0 amide bonds. The maximum atomic E-state index is 10.6. The second-order valence-electron chi connectivity index (χ2n) is 1.77. The van der Waals surface area contributed by atoms with E-state index in [0.29, 0.717) is 0 Å². The topological polar surface area (TPSA) is 80.2 Å². The highest BCUT2D eigenvalue weighted by atomic mass is 79.9. The zero-order valence-electron chi connectivity index (χ0n) is 5.40. The van der Waals surface area contributed by atoms with E-state index in [9.17, 15) is 8.42 Å². The fourth-order valence-electron chi connectivity index (χ4n) is 0.503. The summed E-state index contributed by atoms with van der Waals surface area (Å²) in [5, 5.41) is -0.448. The van der Waals surface area contributed by atoms with Crippen molar-refractivity contribution in [3.05, 3.63) is 15.4 Å². The lowest BCUT2D eigenvalue weighted by Crippen LogP contribution is -2.02. The predicted molar refractivity (Wildman–Crippen MR) is 47.2 cm³/mol. The van der Waals surface area contributed by atoms with E-state index in [-0.39, 0.29) is 9.34 Å². The summed E-state index contributed by atoms with van der Waals surface area (Å²) in [4.78, 5) is 7.14. The zero-order chi connectivity index (χ0) is 9.35. The molecule has 0 saturated carbocycles. The molecule has 1 heterocycles. The molecular formula is C4H2Br2N2O3S. The average molecular weight is 318 g/mol. The van der Waals surface area contributed by atoms with Gasteiger partial charge >= 0.3 is 10.1 Å². The molecule has 0 bridgehead atoms. The van der Waals surface area contributed by atoms with Gasteiger partial charge in [-0.15, -0.1) is 0 Å². The summed E-state index contributed by atoms with van der Waals surface area (Å²) < 4.78 is 30.1. The molecule has 8 heteroatoms. The van der Waals surface area contributed by atoms with Crippen LogP contribution in [0.25, 0.3) is 0 Å². The highest BCUT2D eigenvalue weighted by Crippen LogP contribution is 2.14. The first-order valence-electron chi connectivity index (χ1n) is 2.57. The minimum Gasteiger partial charge on any atom is -0.281 e. The van der Waals surface area contributed by atoms with E-state index in [1.54, 1.807) is 0 Å². The fourth-order valence-corrected chi connectivity index (χ4v) is 2.24. The Labute approximate surface area is 85.2 Å². The fraction of sp³-hybridized carbons (Fsp3) is 0. The van der Waals surface area contributed by atoms with Gasteiger partial charge < -0.3 is 0 Å². The molecule has 1 N–H and O–H groups in total. The first-order valence-corrected chi connectivity index (χ1v) is 5.60. The number of nitrogens with zero attached hydrogens (tertiary/aromatic N) is 2. The van der Waals surface area contributed by atoms with Crippen LogP contribution in [0.3, 0.4) is 0 Å². The molecule has 5 nitrogen and oxygen atoms in total. The molecule has 0 atom stereocenters. The minimum absolute atomic E-state index is 0.0875. The molecule has 66 valence electrons. The number of aromatic nitrogens is 2. The first kappa shape index (κ1) is 10.0. The predicted octanol–water partition coefficient (Wildman–Crippen LogP) is 1.25. The molecule has 12 heavy (non-hydrogen) atoms. The molecule has 0 saturated heterocycles. The number of hydrogen-bond donors (Lipinski definition) is 1. The lowest BCUT2D eigenvalue weighted by molar-refractivity contribution is 0.478. The van der Waals surface area contributed by atoms with Gasteiger partial charge in [0.1, 0.15) is 4.60 Å². The molecule has 1 aromatic rings. The van der Waals surface area contributed by atoms with Gasteiger partial charge in [0.05, 0.1) is 0 Å². The lowest BCUT2D eigenvalue weighted by Gasteiger charge is -1.96. The maximum Gasteiger partial charge on any atom is 0.312 e. The molecular weight excluding hydrogens is 316 g/mol. The molecule has 0 aliphatic carbocycles. The zero-order valence-corrected chi connectivity index (χ0v) is 9.39. The van der Waals surface area contributed by atoms with Crippen molar-refractivity contribution in [1.29, 1.82) is 0 Å². The van der Waals surface area contributed by atoms with Crippen LogP contribution in [0.15, 0.2) is 20.4 Å². The van der Waals surface area contributed by atoms with Crippen LogP contribution in [0.2, 0.25) is 0 Å². The van der Waals surface area contributed by atoms with Gasteiger partial charge in [-0.05, 0) is 31.9 Å². The Balaban J connectivity index is 3.37. The molecule has 0 aromatic carbocycles. The van der Waals surface area contributed by atoms with Gasteiger partial charge in [0.2, 0.25) is 0 Å². The average Bonchev–Trinajstić information content (AvgIpc) is 1.82. The number of halogens is 2. The quantitative estimate of drug-likeness (QED) is 0.479.